The third-order valence-electron chi connectivity index (χ3n) is 4.45. The van der Waals surface area contributed by atoms with E-state index in [9.17, 15) is 28.8 Å². The van der Waals surface area contributed by atoms with Crippen molar-refractivity contribution in [2.45, 2.75) is 65.3 Å². The number of unbranched alkanes of at least 4 members (excludes halogenated alkanes) is 4. The molecule has 0 aliphatic heterocycles. The molecule has 0 heterocycles. The Bertz CT molecular complexity index is 730. The zero-order chi connectivity index (χ0) is 26.6. The quantitative estimate of drug-likeness (QED) is 0.0876. The number of hydrogen-bond acceptors (Lipinski definition) is 8. The van der Waals surface area contributed by atoms with Crippen LogP contribution in [0, 0.1) is 0 Å². The molecule has 0 rings (SSSR count). The van der Waals surface area contributed by atoms with Gasteiger partial charge in [-0.15, -0.1) is 0 Å². The lowest BCUT2D eigenvalue weighted by atomic mass is 10.2. The van der Waals surface area contributed by atoms with Gasteiger partial charge in [0.25, 0.3) is 0 Å². The molecule has 0 spiro atoms. The number of carbonyl (C=O) groups is 6. The van der Waals surface area contributed by atoms with Gasteiger partial charge in [0.1, 0.15) is 0 Å². The monoisotopic (exact) mass is 498 g/mol. The zero-order valence-corrected chi connectivity index (χ0v) is 20.8. The van der Waals surface area contributed by atoms with Crippen molar-refractivity contribution in [3.05, 3.63) is 12.2 Å². The van der Waals surface area contributed by atoms with Crippen LogP contribution in [0.1, 0.15) is 59.3 Å². The van der Waals surface area contributed by atoms with Crippen molar-refractivity contribution in [2.24, 2.45) is 0 Å². The highest BCUT2D eigenvalue weighted by atomic mass is 16.6. The van der Waals surface area contributed by atoms with E-state index >= 15 is 0 Å². The molecule has 12 heteroatoms. The van der Waals surface area contributed by atoms with Gasteiger partial charge in [-0.3, -0.25) is 19.2 Å². The highest BCUT2D eigenvalue weighted by Crippen LogP contribution is 2.01. The van der Waals surface area contributed by atoms with Crippen molar-refractivity contribution >= 4 is 35.6 Å². The molecule has 0 aliphatic rings. The molecule has 0 saturated carbocycles. The molecule has 12 nitrogen and oxygen atoms in total. The van der Waals surface area contributed by atoms with E-state index in [4.69, 9.17) is 9.47 Å². The van der Waals surface area contributed by atoms with Crippen molar-refractivity contribution in [1.29, 1.82) is 0 Å². The first-order chi connectivity index (χ1) is 16.6. The van der Waals surface area contributed by atoms with Gasteiger partial charge in [0.15, 0.2) is 0 Å². The van der Waals surface area contributed by atoms with E-state index in [-0.39, 0.29) is 25.3 Å². The maximum Gasteiger partial charge on any atom is 0.340 e. The molecule has 0 aromatic carbocycles. The van der Waals surface area contributed by atoms with Crippen molar-refractivity contribution in [3.8, 4) is 0 Å². The summed E-state index contributed by atoms with van der Waals surface area (Å²) in [4.78, 5) is 71.7. The van der Waals surface area contributed by atoms with Gasteiger partial charge in [0.2, 0.25) is 29.7 Å². The smallest absolute Gasteiger partial charge is 0.340 e. The SMILES string of the molecule is C=C(C)C(=O)NCC(=O)NCC(=O)NCC(=O)NC(C(=O)OCCCCC)C(=O)OCCCCC. The van der Waals surface area contributed by atoms with Gasteiger partial charge in [0.05, 0.1) is 32.8 Å². The van der Waals surface area contributed by atoms with Crippen LogP contribution < -0.4 is 21.3 Å². The van der Waals surface area contributed by atoms with Crippen molar-refractivity contribution in [3.63, 3.8) is 0 Å². The second-order valence-electron chi connectivity index (χ2n) is 7.77. The van der Waals surface area contributed by atoms with Crippen LogP contribution in [-0.4, -0.2) is 74.5 Å². The van der Waals surface area contributed by atoms with Gasteiger partial charge in [-0.25, -0.2) is 9.59 Å². The Morgan fingerprint density at radius 1 is 0.686 bits per heavy atom. The van der Waals surface area contributed by atoms with E-state index in [1.807, 2.05) is 13.8 Å². The van der Waals surface area contributed by atoms with Crippen LogP contribution in [0.4, 0.5) is 0 Å². The number of esters is 2. The fourth-order valence-electron chi connectivity index (χ4n) is 2.44. The summed E-state index contributed by atoms with van der Waals surface area (Å²) in [5, 5.41) is 9.05. The highest BCUT2D eigenvalue weighted by molar-refractivity contribution is 6.03. The lowest BCUT2D eigenvalue weighted by molar-refractivity contribution is -0.160. The average Bonchev–Trinajstić information content (AvgIpc) is 2.83. The summed E-state index contributed by atoms with van der Waals surface area (Å²) >= 11 is 0. The molecule has 0 radical (unpaired) electrons. The molecular formula is C23H38N4O8. The summed E-state index contributed by atoms with van der Waals surface area (Å²) in [5.74, 6) is -4.50. The fraction of sp³-hybridized carbons (Fsp3) is 0.652. The topological polar surface area (TPSA) is 169 Å². The molecular weight excluding hydrogens is 460 g/mol. The molecule has 0 aromatic rings. The maximum atomic E-state index is 12.3. The van der Waals surface area contributed by atoms with Crippen LogP contribution in [0.2, 0.25) is 0 Å². The second-order valence-corrected chi connectivity index (χ2v) is 7.77. The number of hydrogen-bond donors (Lipinski definition) is 4. The summed E-state index contributed by atoms with van der Waals surface area (Å²) in [6, 6.07) is -1.65. The fourth-order valence-corrected chi connectivity index (χ4v) is 2.44. The number of ether oxygens (including phenoxy) is 2. The maximum absolute atomic E-state index is 12.3. The van der Waals surface area contributed by atoms with Crippen LogP contribution in [0.5, 0.6) is 0 Å². The first-order valence-corrected chi connectivity index (χ1v) is 11.7. The molecule has 0 fully saturated rings. The average molecular weight is 499 g/mol. The van der Waals surface area contributed by atoms with Crippen LogP contribution in [0.25, 0.3) is 0 Å². The van der Waals surface area contributed by atoms with Crippen LogP contribution >= 0.6 is 0 Å². The van der Waals surface area contributed by atoms with Crippen LogP contribution in [-0.2, 0) is 38.2 Å². The summed E-state index contributed by atoms with van der Waals surface area (Å²) in [5.41, 5.74) is 0.231. The van der Waals surface area contributed by atoms with E-state index in [1.165, 1.54) is 6.92 Å². The largest absolute Gasteiger partial charge is 0.464 e. The Labute approximate surface area is 205 Å². The Morgan fingerprint density at radius 3 is 1.54 bits per heavy atom. The van der Waals surface area contributed by atoms with Crippen molar-refractivity contribution in [2.75, 3.05) is 32.8 Å². The molecule has 4 N–H and O–H groups in total. The van der Waals surface area contributed by atoms with E-state index < -0.39 is 54.7 Å². The minimum absolute atomic E-state index is 0.103. The minimum Gasteiger partial charge on any atom is -0.464 e. The number of rotatable bonds is 18. The molecule has 0 bridgehead atoms. The predicted octanol–water partition coefficient (Wildman–Crippen LogP) is -0.137. The van der Waals surface area contributed by atoms with E-state index in [0.29, 0.717) is 12.8 Å². The molecule has 0 saturated heterocycles. The van der Waals surface area contributed by atoms with Crippen LogP contribution in [0.15, 0.2) is 12.2 Å². The summed E-state index contributed by atoms with van der Waals surface area (Å²) in [6.45, 7) is 7.74. The van der Waals surface area contributed by atoms with Gasteiger partial charge in [-0.1, -0.05) is 46.1 Å². The third-order valence-corrected chi connectivity index (χ3v) is 4.45. The lowest BCUT2D eigenvalue weighted by Crippen LogP contribution is -2.51. The first kappa shape index (κ1) is 31.6. The van der Waals surface area contributed by atoms with Gasteiger partial charge in [-0.05, 0) is 19.8 Å². The van der Waals surface area contributed by atoms with Gasteiger partial charge >= 0.3 is 11.9 Å². The first-order valence-electron chi connectivity index (χ1n) is 11.7. The zero-order valence-electron chi connectivity index (χ0n) is 20.8. The Hall–Kier alpha value is -3.44. The minimum atomic E-state index is -1.65. The van der Waals surface area contributed by atoms with Crippen molar-refractivity contribution in [1.82, 2.24) is 21.3 Å². The van der Waals surface area contributed by atoms with Gasteiger partial charge in [-0.2, -0.15) is 0 Å². The summed E-state index contributed by atoms with van der Waals surface area (Å²) in [7, 11) is 0. The summed E-state index contributed by atoms with van der Waals surface area (Å²) < 4.78 is 10.2. The molecule has 0 aliphatic carbocycles. The van der Waals surface area contributed by atoms with Gasteiger partial charge in [0, 0.05) is 5.57 Å². The Balaban J connectivity index is 4.62. The Kier molecular flexibility index (Phi) is 17.1. The molecule has 0 atom stereocenters. The summed E-state index contributed by atoms with van der Waals surface area (Å²) in [6.07, 6.45) is 4.75. The van der Waals surface area contributed by atoms with Gasteiger partial charge < -0.3 is 30.7 Å². The molecule has 0 aromatic heterocycles. The lowest BCUT2D eigenvalue weighted by Gasteiger charge is -2.17. The third kappa shape index (κ3) is 15.9. The standard InChI is InChI=1S/C23H38N4O8/c1-5-7-9-11-34-22(32)20(23(33)35-12-10-8-6-2)27-19(30)15-25-17(28)13-24-18(29)14-26-21(31)16(3)4/h20H,3,5-15H2,1-2,4H3,(H,24,29)(H,25,28)(H,26,31)(H,27,30). The van der Waals surface area contributed by atoms with E-state index in [0.717, 1.165) is 25.7 Å². The predicted molar refractivity (Wildman–Crippen MR) is 127 cm³/mol. The normalized spacial score (nSPS) is 10.2. The van der Waals surface area contributed by atoms with Crippen molar-refractivity contribution < 1.29 is 38.2 Å². The van der Waals surface area contributed by atoms with E-state index in [1.54, 1.807) is 0 Å². The number of nitrogens with one attached hydrogen (secondary N) is 4. The molecule has 35 heavy (non-hydrogen) atoms. The van der Waals surface area contributed by atoms with E-state index in [2.05, 4.69) is 27.8 Å². The molecule has 4 amide bonds. The number of amides is 4. The Morgan fingerprint density at radius 2 is 1.11 bits per heavy atom. The molecule has 198 valence electrons. The molecule has 0 unspecified atom stereocenters. The number of carbonyl (C=O) groups excluding carboxylic acids is 6. The van der Waals surface area contributed by atoms with Crippen LogP contribution in [0.3, 0.4) is 0 Å². The second kappa shape index (κ2) is 18.9. The highest BCUT2D eigenvalue weighted by Gasteiger charge is 2.31.